The molecule has 34 heavy (non-hydrogen) atoms. The Labute approximate surface area is 201 Å². The molecule has 1 N–H and O–H groups in total. The number of aromatic nitrogens is 3. The summed E-state index contributed by atoms with van der Waals surface area (Å²) >= 11 is 0. The van der Waals surface area contributed by atoms with Crippen molar-refractivity contribution >= 4 is 27.6 Å². The van der Waals surface area contributed by atoms with Gasteiger partial charge in [0.1, 0.15) is 0 Å². The summed E-state index contributed by atoms with van der Waals surface area (Å²) in [6, 6.07) is 24.4. The first-order chi connectivity index (χ1) is 16.7. The Kier molecular flexibility index (Phi) is 6.57. The van der Waals surface area contributed by atoms with Crippen LogP contribution in [-0.4, -0.2) is 20.6 Å². The number of hydrogen-bond donors (Lipinski definition) is 1. The second-order valence-corrected chi connectivity index (χ2v) is 9.07. The first-order valence-electron chi connectivity index (χ1n) is 12.4. The third-order valence-corrected chi connectivity index (χ3v) is 6.50. The molecule has 172 valence electrons. The summed E-state index contributed by atoms with van der Waals surface area (Å²) < 4.78 is 2.32. The van der Waals surface area contributed by atoms with Gasteiger partial charge in [-0.2, -0.15) is 0 Å². The van der Waals surface area contributed by atoms with Crippen LogP contribution in [0.2, 0.25) is 0 Å². The number of benzene rings is 3. The number of fused-ring (bicyclic) bond motifs is 2. The Morgan fingerprint density at radius 3 is 2.44 bits per heavy atom. The second kappa shape index (κ2) is 10.1. The summed E-state index contributed by atoms with van der Waals surface area (Å²) in [5, 5.41) is 5.03. The molecule has 0 saturated carbocycles. The summed E-state index contributed by atoms with van der Waals surface area (Å²) in [4.78, 5) is 9.36. The highest BCUT2D eigenvalue weighted by Gasteiger charge is 2.13. The predicted molar refractivity (Wildman–Crippen MR) is 143 cm³/mol. The summed E-state index contributed by atoms with van der Waals surface area (Å²) in [5.74, 6) is 0. The normalized spacial score (nSPS) is 11.5. The molecule has 0 amide bonds. The molecule has 0 atom stereocenters. The van der Waals surface area contributed by atoms with Gasteiger partial charge in [0.05, 0.1) is 11.0 Å². The van der Waals surface area contributed by atoms with E-state index >= 15 is 0 Å². The summed E-state index contributed by atoms with van der Waals surface area (Å²) in [7, 11) is 0. The van der Waals surface area contributed by atoms with Crippen LogP contribution in [0.15, 0.2) is 85.3 Å². The molecule has 5 rings (SSSR count). The highest BCUT2D eigenvalue weighted by Crippen LogP contribution is 2.33. The maximum atomic E-state index is 4.71. The van der Waals surface area contributed by atoms with Crippen LogP contribution in [0.1, 0.15) is 45.1 Å². The van der Waals surface area contributed by atoms with Gasteiger partial charge in [-0.25, -0.2) is 0 Å². The van der Waals surface area contributed by atoms with Gasteiger partial charge in [-0.1, -0.05) is 69.2 Å². The van der Waals surface area contributed by atoms with E-state index in [9.17, 15) is 0 Å². The Bertz CT molecular complexity index is 1380. The van der Waals surface area contributed by atoms with Gasteiger partial charge in [0.15, 0.2) is 0 Å². The SMILES string of the molecule is CCCC(CCC)Nc1cc(-c2ccc3ccn(Cc4ccccc4)c3c2)c2nccnc2c1. The zero-order chi connectivity index (χ0) is 23.3. The molecule has 4 nitrogen and oxygen atoms in total. The lowest BCUT2D eigenvalue weighted by Crippen LogP contribution is -2.19. The minimum Gasteiger partial charge on any atom is -0.382 e. The first-order valence-corrected chi connectivity index (χ1v) is 12.4. The number of rotatable bonds is 9. The molecule has 4 heteroatoms. The number of hydrogen-bond acceptors (Lipinski definition) is 3. The van der Waals surface area contributed by atoms with Crippen LogP contribution in [0.5, 0.6) is 0 Å². The second-order valence-electron chi connectivity index (χ2n) is 9.07. The van der Waals surface area contributed by atoms with E-state index in [1.807, 2.05) is 0 Å². The monoisotopic (exact) mass is 448 g/mol. The topological polar surface area (TPSA) is 42.7 Å². The molecule has 0 saturated heterocycles. The molecule has 0 unspecified atom stereocenters. The lowest BCUT2D eigenvalue weighted by Gasteiger charge is -2.20. The van der Waals surface area contributed by atoms with E-state index < -0.39 is 0 Å². The van der Waals surface area contributed by atoms with Crippen LogP contribution in [0.4, 0.5) is 5.69 Å². The zero-order valence-electron chi connectivity index (χ0n) is 20.0. The smallest absolute Gasteiger partial charge is 0.0966 e. The van der Waals surface area contributed by atoms with Crippen molar-refractivity contribution in [3.8, 4) is 11.1 Å². The van der Waals surface area contributed by atoms with Gasteiger partial charge in [-0.3, -0.25) is 9.97 Å². The van der Waals surface area contributed by atoms with Crippen LogP contribution < -0.4 is 5.32 Å². The molecular weight excluding hydrogens is 416 g/mol. The maximum Gasteiger partial charge on any atom is 0.0966 e. The molecule has 3 aromatic carbocycles. The Morgan fingerprint density at radius 2 is 1.65 bits per heavy atom. The van der Waals surface area contributed by atoms with E-state index in [-0.39, 0.29) is 0 Å². The Hall–Kier alpha value is -3.66. The van der Waals surface area contributed by atoms with Crippen molar-refractivity contribution in [2.75, 3.05) is 5.32 Å². The third-order valence-electron chi connectivity index (χ3n) is 6.50. The number of nitrogens with zero attached hydrogens (tertiary/aromatic N) is 3. The van der Waals surface area contributed by atoms with Gasteiger partial charge < -0.3 is 9.88 Å². The lowest BCUT2D eigenvalue weighted by molar-refractivity contribution is 0.586. The molecule has 0 spiro atoms. The average Bonchev–Trinajstić information content (AvgIpc) is 3.26. The van der Waals surface area contributed by atoms with Gasteiger partial charge >= 0.3 is 0 Å². The fraction of sp³-hybridized carbons (Fsp3) is 0.267. The molecule has 0 aliphatic carbocycles. The van der Waals surface area contributed by atoms with Gasteiger partial charge in [0, 0.05) is 47.9 Å². The van der Waals surface area contributed by atoms with E-state index in [4.69, 9.17) is 4.98 Å². The number of nitrogens with one attached hydrogen (secondary N) is 1. The van der Waals surface area contributed by atoms with Gasteiger partial charge in [0.2, 0.25) is 0 Å². The van der Waals surface area contributed by atoms with E-state index in [1.165, 1.54) is 42.1 Å². The van der Waals surface area contributed by atoms with Crippen LogP contribution in [0, 0.1) is 0 Å². The van der Waals surface area contributed by atoms with Crippen molar-refractivity contribution in [3.63, 3.8) is 0 Å². The van der Waals surface area contributed by atoms with Gasteiger partial charge in [-0.15, -0.1) is 0 Å². The first kappa shape index (κ1) is 22.1. The van der Waals surface area contributed by atoms with Crippen LogP contribution in [0.25, 0.3) is 33.1 Å². The standard InChI is InChI=1S/C30H32N4/c1-3-8-25(9-4-2)33-26-19-27(30-28(20-26)31-15-16-32-30)24-13-12-23-14-17-34(29(23)18-24)21-22-10-6-5-7-11-22/h5-7,10-20,25,33H,3-4,8-9,21H2,1-2H3. The van der Waals surface area contributed by atoms with E-state index in [2.05, 4.69) is 102 Å². The molecule has 0 aliphatic heterocycles. The average molecular weight is 449 g/mol. The lowest BCUT2D eigenvalue weighted by atomic mass is 10.0. The van der Waals surface area contributed by atoms with Crippen molar-refractivity contribution < 1.29 is 0 Å². The molecule has 0 fully saturated rings. The van der Waals surface area contributed by atoms with Crippen molar-refractivity contribution in [3.05, 3.63) is 90.9 Å². The molecule has 0 bridgehead atoms. The number of anilines is 1. The summed E-state index contributed by atoms with van der Waals surface area (Å²) in [6.45, 7) is 5.36. The predicted octanol–water partition coefficient (Wildman–Crippen LogP) is 7.68. The van der Waals surface area contributed by atoms with Gasteiger partial charge in [-0.05, 0) is 53.6 Å². The van der Waals surface area contributed by atoms with Crippen LogP contribution in [0.3, 0.4) is 0 Å². The Morgan fingerprint density at radius 1 is 0.853 bits per heavy atom. The minimum absolute atomic E-state index is 0.475. The largest absolute Gasteiger partial charge is 0.382 e. The minimum atomic E-state index is 0.475. The fourth-order valence-corrected chi connectivity index (χ4v) is 4.87. The quantitative estimate of drug-likeness (QED) is 0.251. The van der Waals surface area contributed by atoms with Gasteiger partial charge in [0.25, 0.3) is 0 Å². The summed E-state index contributed by atoms with van der Waals surface area (Å²) in [5.41, 5.74) is 7.79. The van der Waals surface area contributed by atoms with Crippen molar-refractivity contribution in [2.45, 2.75) is 52.1 Å². The third kappa shape index (κ3) is 4.67. The molecule has 0 aliphatic rings. The molecule has 2 heterocycles. The highest BCUT2D eigenvalue weighted by molar-refractivity contribution is 5.97. The Balaban J connectivity index is 1.57. The van der Waals surface area contributed by atoms with E-state index in [0.29, 0.717) is 6.04 Å². The summed E-state index contributed by atoms with van der Waals surface area (Å²) in [6.07, 6.45) is 10.4. The van der Waals surface area contributed by atoms with Crippen molar-refractivity contribution in [2.24, 2.45) is 0 Å². The van der Waals surface area contributed by atoms with Crippen LogP contribution in [-0.2, 0) is 6.54 Å². The molecule has 2 aromatic heterocycles. The molecule has 5 aromatic rings. The molecular formula is C30H32N4. The zero-order valence-corrected chi connectivity index (χ0v) is 20.0. The fourth-order valence-electron chi connectivity index (χ4n) is 4.87. The van der Waals surface area contributed by atoms with E-state index in [1.54, 1.807) is 12.4 Å². The van der Waals surface area contributed by atoms with Crippen molar-refractivity contribution in [1.82, 2.24) is 14.5 Å². The van der Waals surface area contributed by atoms with E-state index in [0.717, 1.165) is 34.4 Å². The maximum absolute atomic E-state index is 4.71. The van der Waals surface area contributed by atoms with Crippen molar-refractivity contribution in [1.29, 1.82) is 0 Å². The van der Waals surface area contributed by atoms with Crippen LogP contribution >= 0.6 is 0 Å². The highest BCUT2D eigenvalue weighted by atomic mass is 15.0. The molecule has 0 radical (unpaired) electrons.